The molecule has 11 heteroatoms. The van der Waals surface area contributed by atoms with Crippen LogP contribution in [0.15, 0.2) is 58.4 Å². The SMILES string of the molecule is NC1=NC(=O)S/C1=C1/C(=O)N(CC(=O)Nc2cccc(C(F)(F)F)c2)c2ccccc21. The first-order chi connectivity index (χ1) is 14.6. The fraction of sp³-hybridized carbons (Fsp3) is 0.100. The first-order valence-electron chi connectivity index (χ1n) is 8.84. The summed E-state index contributed by atoms with van der Waals surface area (Å²) in [4.78, 5) is 42.2. The molecule has 31 heavy (non-hydrogen) atoms. The van der Waals surface area contributed by atoms with Crippen LogP contribution in [0.4, 0.5) is 29.3 Å². The van der Waals surface area contributed by atoms with Crippen LogP contribution in [0.25, 0.3) is 5.57 Å². The number of halogens is 3. The number of carbonyl (C=O) groups excluding carboxylic acids is 3. The number of nitrogens with two attached hydrogens (primary N) is 1. The Labute approximate surface area is 177 Å². The normalized spacial score (nSPS) is 18.3. The zero-order valence-electron chi connectivity index (χ0n) is 15.6. The molecule has 0 saturated heterocycles. The highest BCUT2D eigenvalue weighted by atomic mass is 32.2. The predicted octanol–water partition coefficient (Wildman–Crippen LogP) is 3.63. The van der Waals surface area contributed by atoms with E-state index in [9.17, 15) is 27.6 Å². The molecule has 2 aliphatic rings. The molecule has 0 atom stereocenters. The number of nitrogens with zero attached hydrogens (tertiary/aromatic N) is 2. The van der Waals surface area contributed by atoms with Gasteiger partial charge in [0.05, 0.1) is 21.7 Å². The number of thioether (sulfide) groups is 1. The lowest BCUT2D eigenvalue weighted by Gasteiger charge is -2.17. The van der Waals surface area contributed by atoms with Gasteiger partial charge >= 0.3 is 11.4 Å². The Hall–Kier alpha value is -3.60. The number of hydrogen-bond acceptors (Lipinski definition) is 5. The lowest BCUT2D eigenvalue weighted by Crippen LogP contribution is -2.35. The van der Waals surface area contributed by atoms with Gasteiger partial charge in [-0.1, -0.05) is 24.3 Å². The maximum Gasteiger partial charge on any atom is 0.416 e. The van der Waals surface area contributed by atoms with Gasteiger partial charge in [0, 0.05) is 11.3 Å². The Kier molecular flexibility index (Phi) is 5.05. The van der Waals surface area contributed by atoms with Gasteiger partial charge in [0.1, 0.15) is 12.4 Å². The van der Waals surface area contributed by atoms with E-state index >= 15 is 0 Å². The van der Waals surface area contributed by atoms with Gasteiger partial charge in [0.15, 0.2) is 0 Å². The van der Waals surface area contributed by atoms with E-state index < -0.39 is 35.3 Å². The molecule has 0 saturated carbocycles. The number of fused-ring (bicyclic) bond motifs is 1. The van der Waals surface area contributed by atoms with Crippen molar-refractivity contribution in [1.82, 2.24) is 0 Å². The quantitative estimate of drug-likeness (QED) is 0.701. The van der Waals surface area contributed by atoms with E-state index in [2.05, 4.69) is 10.3 Å². The minimum Gasteiger partial charge on any atom is -0.383 e. The van der Waals surface area contributed by atoms with Crippen molar-refractivity contribution in [3.8, 4) is 0 Å². The Morgan fingerprint density at radius 1 is 1.13 bits per heavy atom. The van der Waals surface area contributed by atoms with E-state index in [0.717, 1.165) is 23.9 Å². The van der Waals surface area contributed by atoms with Crippen LogP contribution in [0.1, 0.15) is 11.1 Å². The number of aliphatic imine (C=N–C) groups is 1. The molecular weight excluding hydrogens is 433 g/mol. The number of hydrogen-bond donors (Lipinski definition) is 2. The van der Waals surface area contributed by atoms with Crippen LogP contribution in [0.5, 0.6) is 0 Å². The molecule has 3 amide bonds. The van der Waals surface area contributed by atoms with Crippen LogP contribution in [-0.2, 0) is 15.8 Å². The third-order valence-corrected chi connectivity index (χ3v) is 5.44. The molecular formula is C20H13F3N4O3S. The summed E-state index contributed by atoms with van der Waals surface area (Å²) >= 11 is 0.723. The molecule has 0 aromatic heterocycles. The number of nitrogens with one attached hydrogen (secondary N) is 1. The van der Waals surface area contributed by atoms with Crippen molar-refractivity contribution in [2.24, 2.45) is 10.7 Å². The number of carbonyl (C=O) groups is 3. The minimum atomic E-state index is -4.55. The van der Waals surface area contributed by atoms with Crippen LogP contribution >= 0.6 is 11.8 Å². The lowest BCUT2D eigenvalue weighted by molar-refractivity contribution is -0.137. The van der Waals surface area contributed by atoms with Crippen molar-refractivity contribution in [2.45, 2.75) is 6.18 Å². The number of anilines is 2. The van der Waals surface area contributed by atoms with E-state index in [-0.39, 0.29) is 22.0 Å². The highest BCUT2D eigenvalue weighted by Gasteiger charge is 2.38. The summed E-state index contributed by atoms with van der Waals surface area (Å²) < 4.78 is 38.6. The summed E-state index contributed by atoms with van der Waals surface area (Å²) in [6, 6.07) is 10.8. The molecule has 3 N–H and O–H groups in total. The number of para-hydroxylation sites is 1. The summed E-state index contributed by atoms with van der Waals surface area (Å²) in [5.74, 6) is -1.33. The fourth-order valence-electron chi connectivity index (χ4n) is 3.26. The zero-order valence-corrected chi connectivity index (χ0v) is 16.4. The third kappa shape index (κ3) is 3.91. The second-order valence-corrected chi connectivity index (χ2v) is 7.57. The van der Waals surface area contributed by atoms with Crippen molar-refractivity contribution < 1.29 is 27.6 Å². The highest BCUT2D eigenvalue weighted by molar-refractivity contribution is 8.18. The first kappa shape index (κ1) is 20.7. The summed E-state index contributed by atoms with van der Waals surface area (Å²) in [5, 5.41) is 1.83. The van der Waals surface area contributed by atoms with Crippen LogP contribution in [0.2, 0.25) is 0 Å². The lowest BCUT2D eigenvalue weighted by atomic mass is 10.1. The first-order valence-corrected chi connectivity index (χ1v) is 9.66. The van der Waals surface area contributed by atoms with E-state index in [0.29, 0.717) is 11.3 Å². The molecule has 4 rings (SSSR count). The Morgan fingerprint density at radius 3 is 2.55 bits per heavy atom. The summed E-state index contributed by atoms with van der Waals surface area (Å²) in [6.45, 7) is -0.446. The Bertz CT molecular complexity index is 1190. The second-order valence-electron chi connectivity index (χ2n) is 6.60. The van der Waals surface area contributed by atoms with Gasteiger partial charge in [0.25, 0.3) is 5.91 Å². The Balaban J connectivity index is 1.61. The largest absolute Gasteiger partial charge is 0.416 e. The van der Waals surface area contributed by atoms with Crippen molar-refractivity contribution in [3.05, 3.63) is 64.6 Å². The van der Waals surface area contributed by atoms with Gasteiger partial charge in [-0.15, -0.1) is 0 Å². The van der Waals surface area contributed by atoms with Gasteiger partial charge in [-0.05, 0) is 36.0 Å². The number of amides is 3. The third-order valence-electron chi connectivity index (χ3n) is 4.56. The van der Waals surface area contributed by atoms with E-state index in [1.165, 1.54) is 17.0 Å². The maximum atomic E-state index is 13.1. The highest BCUT2D eigenvalue weighted by Crippen LogP contribution is 2.42. The molecule has 158 valence electrons. The molecule has 7 nitrogen and oxygen atoms in total. The van der Waals surface area contributed by atoms with Crippen LogP contribution in [-0.4, -0.2) is 29.4 Å². The summed E-state index contributed by atoms with van der Waals surface area (Å²) in [6.07, 6.45) is -4.55. The second kappa shape index (κ2) is 7.58. The molecule has 2 aliphatic heterocycles. The molecule has 0 bridgehead atoms. The molecule has 2 heterocycles. The van der Waals surface area contributed by atoms with Crippen molar-refractivity contribution in [1.29, 1.82) is 0 Å². The number of amidine groups is 1. The van der Waals surface area contributed by atoms with Gasteiger partial charge in [-0.2, -0.15) is 18.2 Å². The monoisotopic (exact) mass is 446 g/mol. The molecule has 0 radical (unpaired) electrons. The molecule has 0 fully saturated rings. The van der Waals surface area contributed by atoms with Crippen molar-refractivity contribution in [2.75, 3.05) is 16.8 Å². The topological polar surface area (TPSA) is 105 Å². The average molecular weight is 446 g/mol. The fourth-order valence-corrected chi connectivity index (χ4v) is 4.03. The summed E-state index contributed by atoms with van der Waals surface area (Å²) in [5.41, 5.74) is 5.87. The van der Waals surface area contributed by atoms with Crippen LogP contribution < -0.4 is 16.0 Å². The van der Waals surface area contributed by atoms with Gasteiger partial charge in [-0.25, -0.2) is 0 Å². The number of alkyl halides is 3. The number of benzene rings is 2. The van der Waals surface area contributed by atoms with E-state index in [1.807, 2.05) is 0 Å². The molecule has 2 aromatic carbocycles. The molecule has 2 aromatic rings. The average Bonchev–Trinajstić information content (AvgIpc) is 3.17. The predicted molar refractivity (Wildman–Crippen MR) is 110 cm³/mol. The molecule has 0 unspecified atom stereocenters. The number of rotatable bonds is 3. The van der Waals surface area contributed by atoms with Gasteiger partial charge in [-0.3, -0.25) is 19.3 Å². The van der Waals surface area contributed by atoms with E-state index in [1.54, 1.807) is 24.3 Å². The minimum absolute atomic E-state index is 0.0494. The Morgan fingerprint density at radius 2 is 1.87 bits per heavy atom. The van der Waals surface area contributed by atoms with Crippen molar-refractivity contribution >= 4 is 51.6 Å². The van der Waals surface area contributed by atoms with Crippen molar-refractivity contribution in [3.63, 3.8) is 0 Å². The standard InChI is InChI=1S/C20H13F3N4O3S/c21-20(22,23)10-4-3-5-11(8-10)25-14(28)9-27-13-7-2-1-6-12(13)15(18(27)29)16-17(24)26-19(30)31-16/h1-8H,9H2,(H,25,28)(H2,24,26,30)/b16-15+. The van der Waals surface area contributed by atoms with Crippen LogP contribution in [0.3, 0.4) is 0 Å². The zero-order chi connectivity index (χ0) is 22.3. The van der Waals surface area contributed by atoms with E-state index in [4.69, 9.17) is 5.73 Å². The molecule has 0 spiro atoms. The van der Waals surface area contributed by atoms with Crippen LogP contribution in [0, 0.1) is 0 Å². The maximum absolute atomic E-state index is 13.1. The van der Waals surface area contributed by atoms with Gasteiger partial charge in [0.2, 0.25) is 5.91 Å². The molecule has 0 aliphatic carbocycles. The van der Waals surface area contributed by atoms with Gasteiger partial charge < -0.3 is 11.1 Å². The summed E-state index contributed by atoms with van der Waals surface area (Å²) in [7, 11) is 0. The smallest absolute Gasteiger partial charge is 0.383 e.